The van der Waals surface area contributed by atoms with E-state index < -0.39 is 0 Å². The molecule has 0 fully saturated rings. The number of aryl methyl sites for hydroxylation is 1. The third-order valence-electron chi connectivity index (χ3n) is 3.45. The molecule has 1 amide bonds. The molecule has 3 aromatic rings. The predicted molar refractivity (Wildman–Crippen MR) is 90.7 cm³/mol. The van der Waals surface area contributed by atoms with Gasteiger partial charge in [-0.3, -0.25) is 4.79 Å². The summed E-state index contributed by atoms with van der Waals surface area (Å²) in [5, 5.41) is 4.86. The van der Waals surface area contributed by atoms with Gasteiger partial charge < -0.3 is 10.3 Å². The molecule has 0 aliphatic carbocycles. The van der Waals surface area contributed by atoms with E-state index in [1.54, 1.807) is 18.2 Å². The van der Waals surface area contributed by atoms with Crippen molar-refractivity contribution in [3.63, 3.8) is 0 Å². The summed E-state index contributed by atoms with van der Waals surface area (Å²) in [6.45, 7) is 2.46. The number of fused-ring (bicyclic) bond motifs is 1. The lowest BCUT2D eigenvalue weighted by molar-refractivity contribution is 0.0951. The fraction of sp³-hybridized carbons (Fsp3) is 0.118. The molecule has 0 radical (unpaired) electrons. The first-order chi connectivity index (χ1) is 10.5. The molecule has 3 rings (SSSR count). The van der Waals surface area contributed by atoms with Crippen molar-refractivity contribution < 1.29 is 4.79 Å². The molecular weight excluding hydrogens is 319 g/mol. The zero-order valence-corrected chi connectivity index (χ0v) is 13.4. The largest absolute Gasteiger partial charge is 0.359 e. The summed E-state index contributed by atoms with van der Waals surface area (Å²) in [6, 6.07) is 13.0. The van der Waals surface area contributed by atoms with Crippen molar-refractivity contribution in [3.05, 3.63) is 69.3 Å². The average molecular weight is 333 g/mol. The van der Waals surface area contributed by atoms with Crippen molar-refractivity contribution in [2.45, 2.75) is 13.5 Å². The van der Waals surface area contributed by atoms with Gasteiger partial charge in [-0.2, -0.15) is 0 Å². The minimum Gasteiger partial charge on any atom is -0.359 e. The van der Waals surface area contributed by atoms with E-state index in [-0.39, 0.29) is 5.91 Å². The summed E-state index contributed by atoms with van der Waals surface area (Å²) in [7, 11) is 0. The summed E-state index contributed by atoms with van der Waals surface area (Å²) in [5.74, 6) is -0.216. The molecule has 0 atom stereocenters. The third kappa shape index (κ3) is 3.11. The fourth-order valence-corrected chi connectivity index (χ4v) is 2.88. The zero-order chi connectivity index (χ0) is 15.7. The molecule has 0 bridgehead atoms. The maximum absolute atomic E-state index is 12.2. The molecule has 22 heavy (non-hydrogen) atoms. The number of hydrogen-bond acceptors (Lipinski definition) is 1. The Morgan fingerprint density at radius 2 is 1.95 bits per heavy atom. The lowest BCUT2D eigenvalue weighted by atomic mass is 10.1. The van der Waals surface area contributed by atoms with E-state index >= 15 is 0 Å². The SMILES string of the molecule is Cc1cc2cc(CNC(=O)c3ccc(Cl)cc3Cl)ccc2[nH]1. The van der Waals surface area contributed by atoms with Crippen molar-refractivity contribution >= 4 is 40.0 Å². The number of aromatic nitrogens is 1. The van der Waals surface area contributed by atoms with Crippen LogP contribution in [0, 0.1) is 6.92 Å². The van der Waals surface area contributed by atoms with Crippen LogP contribution in [0.1, 0.15) is 21.6 Å². The maximum atomic E-state index is 12.2. The molecule has 0 spiro atoms. The molecule has 5 heteroatoms. The Bertz CT molecular complexity index is 855. The first-order valence-electron chi connectivity index (χ1n) is 6.84. The number of carbonyl (C=O) groups is 1. The second kappa shape index (κ2) is 6.03. The normalized spacial score (nSPS) is 10.9. The van der Waals surface area contributed by atoms with Gasteiger partial charge in [0, 0.05) is 22.8 Å². The Kier molecular flexibility index (Phi) is 4.10. The van der Waals surface area contributed by atoms with E-state index in [1.807, 2.05) is 19.1 Å². The van der Waals surface area contributed by atoms with Gasteiger partial charge >= 0.3 is 0 Å². The summed E-state index contributed by atoms with van der Waals surface area (Å²) < 4.78 is 0. The van der Waals surface area contributed by atoms with E-state index in [9.17, 15) is 4.79 Å². The molecule has 2 aromatic carbocycles. The Balaban J connectivity index is 1.74. The monoisotopic (exact) mass is 332 g/mol. The highest BCUT2D eigenvalue weighted by Gasteiger charge is 2.10. The number of carbonyl (C=O) groups excluding carboxylic acids is 1. The number of halogens is 2. The number of hydrogen-bond donors (Lipinski definition) is 2. The minimum atomic E-state index is -0.216. The quantitative estimate of drug-likeness (QED) is 0.716. The highest BCUT2D eigenvalue weighted by atomic mass is 35.5. The topological polar surface area (TPSA) is 44.9 Å². The summed E-state index contributed by atoms with van der Waals surface area (Å²) in [5.41, 5.74) is 3.66. The summed E-state index contributed by atoms with van der Waals surface area (Å²) in [4.78, 5) is 15.4. The van der Waals surface area contributed by atoms with Crippen LogP contribution in [0.3, 0.4) is 0 Å². The van der Waals surface area contributed by atoms with Crippen molar-refractivity contribution in [3.8, 4) is 0 Å². The Labute approximate surface area is 138 Å². The molecule has 0 aliphatic heterocycles. The van der Waals surface area contributed by atoms with Gasteiger partial charge in [0.05, 0.1) is 10.6 Å². The van der Waals surface area contributed by atoms with E-state index in [2.05, 4.69) is 22.4 Å². The van der Waals surface area contributed by atoms with E-state index in [0.29, 0.717) is 22.2 Å². The highest BCUT2D eigenvalue weighted by Crippen LogP contribution is 2.21. The number of nitrogens with one attached hydrogen (secondary N) is 2. The maximum Gasteiger partial charge on any atom is 0.253 e. The highest BCUT2D eigenvalue weighted by molar-refractivity contribution is 6.36. The van der Waals surface area contributed by atoms with Gasteiger partial charge in [0.1, 0.15) is 0 Å². The molecular formula is C17H14Cl2N2O. The third-order valence-corrected chi connectivity index (χ3v) is 4.00. The number of aromatic amines is 1. The van der Waals surface area contributed by atoms with Crippen LogP contribution in [-0.4, -0.2) is 10.9 Å². The van der Waals surface area contributed by atoms with Crippen LogP contribution in [-0.2, 0) is 6.54 Å². The van der Waals surface area contributed by atoms with Crippen LogP contribution in [0.5, 0.6) is 0 Å². The number of rotatable bonds is 3. The molecule has 0 aliphatic rings. The Morgan fingerprint density at radius 1 is 1.14 bits per heavy atom. The molecule has 1 aromatic heterocycles. The van der Waals surface area contributed by atoms with Crippen molar-refractivity contribution in [1.82, 2.24) is 10.3 Å². The first kappa shape index (κ1) is 14.9. The Morgan fingerprint density at radius 3 is 2.73 bits per heavy atom. The van der Waals surface area contributed by atoms with E-state index in [1.165, 1.54) is 0 Å². The molecule has 0 saturated heterocycles. The minimum absolute atomic E-state index is 0.216. The standard InChI is InChI=1S/C17H14Cl2N2O/c1-10-6-12-7-11(2-5-16(12)21-10)9-20-17(22)14-4-3-13(18)8-15(14)19/h2-8,21H,9H2,1H3,(H,20,22). The van der Waals surface area contributed by atoms with E-state index in [4.69, 9.17) is 23.2 Å². The van der Waals surface area contributed by atoms with Crippen LogP contribution >= 0.6 is 23.2 Å². The van der Waals surface area contributed by atoms with Gasteiger partial charge in [-0.25, -0.2) is 0 Å². The van der Waals surface area contributed by atoms with Gasteiger partial charge in [-0.05, 0) is 54.3 Å². The average Bonchev–Trinajstić information content (AvgIpc) is 2.84. The van der Waals surface area contributed by atoms with Crippen molar-refractivity contribution in [1.29, 1.82) is 0 Å². The fourth-order valence-electron chi connectivity index (χ4n) is 2.39. The lowest BCUT2D eigenvalue weighted by Crippen LogP contribution is -2.23. The van der Waals surface area contributed by atoms with Gasteiger partial charge in [0.2, 0.25) is 0 Å². The molecule has 3 nitrogen and oxygen atoms in total. The van der Waals surface area contributed by atoms with Crippen LogP contribution in [0.25, 0.3) is 10.9 Å². The second-order valence-corrected chi connectivity index (χ2v) is 6.02. The van der Waals surface area contributed by atoms with Gasteiger partial charge in [-0.1, -0.05) is 29.3 Å². The zero-order valence-electron chi connectivity index (χ0n) is 11.9. The lowest BCUT2D eigenvalue weighted by Gasteiger charge is -2.07. The molecule has 1 heterocycles. The van der Waals surface area contributed by atoms with E-state index in [0.717, 1.165) is 22.2 Å². The molecule has 0 saturated carbocycles. The number of H-pyrrole nitrogens is 1. The van der Waals surface area contributed by atoms with Gasteiger partial charge in [0.25, 0.3) is 5.91 Å². The summed E-state index contributed by atoms with van der Waals surface area (Å²) in [6.07, 6.45) is 0. The predicted octanol–water partition coefficient (Wildman–Crippen LogP) is 4.71. The van der Waals surface area contributed by atoms with Crippen LogP contribution < -0.4 is 5.32 Å². The first-order valence-corrected chi connectivity index (χ1v) is 7.60. The molecule has 112 valence electrons. The molecule has 0 unspecified atom stereocenters. The summed E-state index contributed by atoms with van der Waals surface area (Å²) >= 11 is 11.9. The Hall–Kier alpha value is -1.97. The van der Waals surface area contributed by atoms with Gasteiger partial charge in [-0.15, -0.1) is 0 Å². The van der Waals surface area contributed by atoms with Gasteiger partial charge in [0.15, 0.2) is 0 Å². The van der Waals surface area contributed by atoms with Crippen LogP contribution in [0.4, 0.5) is 0 Å². The van der Waals surface area contributed by atoms with Crippen LogP contribution in [0.2, 0.25) is 10.0 Å². The van der Waals surface area contributed by atoms with Crippen molar-refractivity contribution in [2.24, 2.45) is 0 Å². The molecule has 2 N–H and O–H groups in total. The second-order valence-electron chi connectivity index (χ2n) is 5.18. The number of benzene rings is 2. The van der Waals surface area contributed by atoms with Crippen molar-refractivity contribution in [2.75, 3.05) is 0 Å². The van der Waals surface area contributed by atoms with Crippen LogP contribution in [0.15, 0.2) is 42.5 Å². The number of amides is 1. The smallest absolute Gasteiger partial charge is 0.253 e.